The maximum atomic E-state index is 11.6. The molecule has 1 saturated heterocycles. The number of carbonyl (C=O) groups is 2. The molecule has 2 unspecified atom stereocenters. The van der Waals surface area contributed by atoms with E-state index in [1.165, 1.54) is 19.3 Å². The Morgan fingerprint density at radius 2 is 2.00 bits per heavy atom. The first-order chi connectivity index (χ1) is 11.9. The normalized spacial score (nSPS) is 20.4. The molecular weight excluding hydrogens is 320 g/mol. The van der Waals surface area contributed by atoms with Crippen molar-refractivity contribution in [3.8, 4) is 0 Å². The van der Waals surface area contributed by atoms with E-state index in [1.54, 1.807) is 6.92 Å². The van der Waals surface area contributed by atoms with Crippen LogP contribution in [-0.4, -0.2) is 36.9 Å². The molecule has 1 aliphatic carbocycles. The van der Waals surface area contributed by atoms with Crippen molar-refractivity contribution in [2.75, 3.05) is 13.2 Å². The minimum Gasteiger partial charge on any atom is -0.460 e. The average molecular weight is 352 g/mol. The van der Waals surface area contributed by atoms with Gasteiger partial charge in [0.15, 0.2) is 0 Å². The molecule has 1 aliphatic heterocycles. The SMILES string of the molecule is C=C(C)C(=O)OC1(C(CC)CCCC)CC1.C=CC(=O)OCC1CO1. The first-order valence-electron chi connectivity index (χ1n) is 9.18. The van der Waals surface area contributed by atoms with Crippen LogP contribution in [0.2, 0.25) is 0 Å². The lowest BCUT2D eigenvalue weighted by Crippen LogP contribution is -2.29. The van der Waals surface area contributed by atoms with Crippen molar-refractivity contribution in [2.24, 2.45) is 5.92 Å². The fourth-order valence-corrected chi connectivity index (χ4v) is 2.68. The highest BCUT2D eigenvalue weighted by Crippen LogP contribution is 2.49. The quantitative estimate of drug-likeness (QED) is 0.338. The summed E-state index contributed by atoms with van der Waals surface area (Å²) in [7, 11) is 0. The van der Waals surface area contributed by atoms with Gasteiger partial charge in [0, 0.05) is 11.6 Å². The lowest BCUT2D eigenvalue weighted by molar-refractivity contribution is -0.150. The van der Waals surface area contributed by atoms with Crippen LogP contribution in [0.4, 0.5) is 0 Å². The third kappa shape index (κ3) is 7.86. The Bertz CT molecular complexity index is 474. The molecule has 2 aliphatic rings. The molecule has 2 fully saturated rings. The molecule has 25 heavy (non-hydrogen) atoms. The largest absolute Gasteiger partial charge is 0.460 e. The molecule has 0 bridgehead atoms. The second-order valence-corrected chi connectivity index (χ2v) is 6.77. The van der Waals surface area contributed by atoms with E-state index in [4.69, 9.17) is 9.47 Å². The highest BCUT2D eigenvalue weighted by atomic mass is 16.6. The van der Waals surface area contributed by atoms with Crippen LogP contribution in [0.3, 0.4) is 0 Å². The van der Waals surface area contributed by atoms with Gasteiger partial charge < -0.3 is 14.2 Å². The van der Waals surface area contributed by atoms with Gasteiger partial charge in [-0.25, -0.2) is 9.59 Å². The summed E-state index contributed by atoms with van der Waals surface area (Å²) in [4.78, 5) is 21.9. The van der Waals surface area contributed by atoms with Crippen LogP contribution in [0.1, 0.15) is 59.3 Å². The highest BCUT2D eigenvalue weighted by Gasteiger charge is 2.51. The third-order valence-corrected chi connectivity index (χ3v) is 4.51. The lowest BCUT2D eigenvalue weighted by atomic mass is 9.91. The molecule has 0 aromatic carbocycles. The Morgan fingerprint density at radius 3 is 2.40 bits per heavy atom. The maximum Gasteiger partial charge on any atom is 0.333 e. The molecule has 5 heteroatoms. The van der Waals surface area contributed by atoms with Crippen molar-refractivity contribution < 1.29 is 23.8 Å². The van der Waals surface area contributed by atoms with Crippen LogP contribution < -0.4 is 0 Å². The van der Waals surface area contributed by atoms with Crippen LogP contribution in [0.15, 0.2) is 24.8 Å². The molecule has 2 rings (SSSR count). The van der Waals surface area contributed by atoms with E-state index in [0.717, 1.165) is 25.3 Å². The summed E-state index contributed by atoms with van der Waals surface area (Å²) in [6.45, 7) is 14.1. The van der Waals surface area contributed by atoms with Crippen molar-refractivity contribution >= 4 is 11.9 Å². The van der Waals surface area contributed by atoms with Crippen LogP contribution >= 0.6 is 0 Å². The van der Waals surface area contributed by atoms with Crippen LogP contribution in [0.25, 0.3) is 0 Å². The van der Waals surface area contributed by atoms with Crippen molar-refractivity contribution in [3.05, 3.63) is 24.8 Å². The van der Waals surface area contributed by atoms with E-state index >= 15 is 0 Å². The van der Waals surface area contributed by atoms with Gasteiger partial charge in [0.2, 0.25) is 0 Å². The predicted molar refractivity (Wildman–Crippen MR) is 97.1 cm³/mol. The summed E-state index contributed by atoms with van der Waals surface area (Å²) >= 11 is 0. The fraction of sp³-hybridized carbons (Fsp3) is 0.700. The van der Waals surface area contributed by atoms with E-state index < -0.39 is 0 Å². The van der Waals surface area contributed by atoms with E-state index in [0.29, 0.717) is 24.7 Å². The zero-order valence-electron chi connectivity index (χ0n) is 15.8. The zero-order valence-corrected chi connectivity index (χ0v) is 15.8. The fourth-order valence-electron chi connectivity index (χ4n) is 2.68. The zero-order chi connectivity index (χ0) is 18.9. The van der Waals surface area contributed by atoms with Gasteiger partial charge >= 0.3 is 11.9 Å². The minimum atomic E-state index is -0.384. The summed E-state index contributed by atoms with van der Waals surface area (Å²) in [6.07, 6.45) is 8.07. The van der Waals surface area contributed by atoms with Gasteiger partial charge in [-0.2, -0.15) is 0 Å². The Hall–Kier alpha value is -1.62. The topological polar surface area (TPSA) is 65.1 Å². The number of hydrogen-bond donors (Lipinski definition) is 0. The average Bonchev–Trinajstić information content (AvgIpc) is 3.50. The third-order valence-electron chi connectivity index (χ3n) is 4.51. The van der Waals surface area contributed by atoms with Crippen LogP contribution in [-0.2, 0) is 23.8 Å². The Kier molecular flexibility index (Phi) is 8.90. The molecule has 0 aromatic rings. The maximum absolute atomic E-state index is 11.6. The van der Waals surface area contributed by atoms with E-state index in [-0.39, 0.29) is 23.6 Å². The van der Waals surface area contributed by atoms with Crippen LogP contribution in [0, 0.1) is 5.92 Å². The molecule has 2 atom stereocenters. The van der Waals surface area contributed by atoms with Gasteiger partial charge in [-0.05, 0) is 38.5 Å². The molecule has 0 aromatic heterocycles. The molecule has 1 heterocycles. The second kappa shape index (κ2) is 10.4. The van der Waals surface area contributed by atoms with E-state index in [1.807, 2.05) is 0 Å². The molecule has 142 valence electrons. The first-order valence-corrected chi connectivity index (χ1v) is 9.18. The van der Waals surface area contributed by atoms with E-state index in [9.17, 15) is 9.59 Å². The van der Waals surface area contributed by atoms with Gasteiger partial charge in [-0.3, -0.25) is 0 Å². The molecule has 1 saturated carbocycles. The standard InChI is InChI=1S/C14H24O2.C6H8O3/c1-5-7-8-12(6-2)14(9-10-14)16-13(15)11(3)4;1-2-6(7)9-4-5-3-8-5/h12H,3,5-10H2,1-2,4H3;2,5H,1,3-4H2. The number of carbonyl (C=O) groups excluding carboxylic acids is 2. The molecule has 5 nitrogen and oxygen atoms in total. The second-order valence-electron chi connectivity index (χ2n) is 6.77. The summed E-state index contributed by atoms with van der Waals surface area (Å²) in [5.41, 5.74) is 0.372. The van der Waals surface area contributed by atoms with Crippen LogP contribution in [0.5, 0.6) is 0 Å². The highest BCUT2D eigenvalue weighted by molar-refractivity contribution is 5.87. The van der Waals surface area contributed by atoms with Gasteiger partial charge in [-0.1, -0.05) is 39.8 Å². The number of rotatable bonds is 10. The lowest BCUT2D eigenvalue weighted by Gasteiger charge is -2.26. The Balaban J connectivity index is 0.000000293. The summed E-state index contributed by atoms with van der Waals surface area (Å²) in [5, 5.41) is 0. The van der Waals surface area contributed by atoms with Crippen molar-refractivity contribution in [1.82, 2.24) is 0 Å². The summed E-state index contributed by atoms with van der Waals surface area (Å²) < 4.78 is 15.0. The van der Waals surface area contributed by atoms with Gasteiger partial charge in [0.05, 0.1) is 6.61 Å². The Morgan fingerprint density at radius 1 is 1.36 bits per heavy atom. The molecule has 0 N–H and O–H groups in total. The van der Waals surface area contributed by atoms with Gasteiger partial charge in [0.1, 0.15) is 18.3 Å². The van der Waals surface area contributed by atoms with Crippen molar-refractivity contribution in [3.63, 3.8) is 0 Å². The minimum absolute atomic E-state index is 0.139. The molecule has 0 amide bonds. The molecule has 0 radical (unpaired) electrons. The van der Waals surface area contributed by atoms with Gasteiger partial charge in [-0.15, -0.1) is 0 Å². The smallest absolute Gasteiger partial charge is 0.333 e. The predicted octanol–water partition coefficient (Wildman–Crippen LogP) is 3.97. The number of unbranched alkanes of at least 4 members (excludes halogenated alkanes) is 1. The first kappa shape index (κ1) is 21.4. The molecular formula is C20H32O5. The van der Waals surface area contributed by atoms with Gasteiger partial charge in [0.25, 0.3) is 0 Å². The Labute approximate surface area is 151 Å². The summed E-state index contributed by atoms with van der Waals surface area (Å²) in [5.74, 6) is -0.0614. The van der Waals surface area contributed by atoms with E-state index in [2.05, 4.69) is 31.7 Å². The summed E-state index contributed by atoms with van der Waals surface area (Å²) in [6, 6.07) is 0. The number of esters is 2. The van der Waals surface area contributed by atoms with Crippen molar-refractivity contribution in [2.45, 2.75) is 71.0 Å². The monoisotopic (exact) mass is 352 g/mol. The molecule has 0 spiro atoms. The number of ether oxygens (including phenoxy) is 3. The number of epoxide rings is 1. The van der Waals surface area contributed by atoms with Crippen molar-refractivity contribution in [1.29, 1.82) is 0 Å². The number of hydrogen-bond acceptors (Lipinski definition) is 5.